The molecule has 1 saturated carbocycles. The van der Waals surface area contributed by atoms with Gasteiger partial charge in [0.1, 0.15) is 5.75 Å². The van der Waals surface area contributed by atoms with Crippen molar-refractivity contribution >= 4 is 15.5 Å². The molecule has 0 heterocycles. The molecule has 0 aromatic heterocycles. The van der Waals surface area contributed by atoms with Crippen molar-refractivity contribution in [2.75, 3.05) is 18.1 Å². The Labute approximate surface area is 127 Å². The zero-order chi connectivity index (χ0) is 15.3. The van der Waals surface area contributed by atoms with Crippen LogP contribution in [0.1, 0.15) is 39.0 Å². The standard InChI is InChI=1S/C16H25NO3S/c1-13-5-2-8-16(11-13)21(18,19)10-4-9-20-15-7-3-6-14(17)12-15/h3,6-7,12-13,16H,2,4-5,8-11,17H2,1H3. The first kappa shape index (κ1) is 16.1. The molecule has 1 aliphatic rings. The van der Waals surface area contributed by atoms with Gasteiger partial charge in [-0.05, 0) is 37.3 Å². The summed E-state index contributed by atoms with van der Waals surface area (Å²) in [6, 6.07) is 7.19. The Kier molecular flexibility index (Phi) is 5.51. The summed E-state index contributed by atoms with van der Waals surface area (Å²) in [5.41, 5.74) is 6.32. The second-order valence-electron chi connectivity index (χ2n) is 6.04. The van der Waals surface area contributed by atoms with Gasteiger partial charge in [-0.1, -0.05) is 25.8 Å². The predicted octanol–water partition coefficient (Wildman–Crippen LogP) is 3.03. The van der Waals surface area contributed by atoms with Crippen LogP contribution >= 0.6 is 0 Å². The number of ether oxygens (including phenoxy) is 1. The van der Waals surface area contributed by atoms with Gasteiger partial charge in [-0.3, -0.25) is 0 Å². The molecule has 1 fully saturated rings. The molecule has 2 rings (SSSR count). The third-order valence-electron chi connectivity index (χ3n) is 4.10. The Morgan fingerprint density at radius 3 is 2.86 bits per heavy atom. The highest BCUT2D eigenvalue weighted by Crippen LogP contribution is 2.29. The van der Waals surface area contributed by atoms with Crippen molar-refractivity contribution < 1.29 is 13.2 Å². The molecule has 1 aromatic carbocycles. The van der Waals surface area contributed by atoms with Crippen molar-refractivity contribution in [2.45, 2.75) is 44.3 Å². The van der Waals surface area contributed by atoms with Crippen LogP contribution in [0.15, 0.2) is 24.3 Å². The molecule has 1 aliphatic carbocycles. The number of hydrogen-bond acceptors (Lipinski definition) is 4. The fourth-order valence-electron chi connectivity index (χ4n) is 2.93. The second-order valence-corrected chi connectivity index (χ2v) is 8.44. The van der Waals surface area contributed by atoms with Gasteiger partial charge in [0.25, 0.3) is 0 Å². The van der Waals surface area contributed by atoms with Gasteiger partial charge in [-0.2, -0.15) is 0 Å². The van der Waals surface area contributed by atoms with E-state index in [-0.39, 0.29) is 11.0 Å². The van der Waals surface area contributed by atoms with Gasteiger partial charge in [-0.15, -0.1) is 0 Å². The van der Waals surface area contributed by atoms with Crippen molar-refractivity contribution in [1.29, 1.82) is 0 Å². The fraction of sp³-hybridized carbons (Fsp3) is 0.625. The van der Waals surface area contributed by atoms with Crippen molar-refractivity contribution in [3.05, 3.63) is 24.3 Å². The maximum Gasteiger partial charge on any atom is 0.153 e. The smallest absolute Gasteiger partial charge is 0.153 e. The van der Waals surface area contributed by atoms with Gasteiger partial charge in [0.05, 0.1) is 17.6 Å². The van der Waals surface area contributed by atoms with E-state index >= 15 is 0 Å². The monoisotopic (exact) mass is 311 g/mol. The lowest BCUT2D eigenvalue weighted by Crippen LogP contribution is -2.29. The van der Waals surface area contributed by atoms with E-state index in [0.29, 0.717) is 30.4 Å². The highest BCUT2D eigenvalue weighted by Gasteiger charge is 2.29. The third kappa shape index (κ3) is 4.92. The largest absolute Gasteiger partial charge is 0.493 e. The second kappa shape index (κ2) is 7.16. The first-order valence-electron chi connectivity index (χ1n) is 7.67. The molecule has 21 heavy (non-hydrogen) atoms. The van der Waals surface area contributed by atoms with Crippen molar-refractivity contribution in [1.82, 2.24) is 0 Å². The van der Waals surface area contributed by atoms with Crippen LogP contribution in [0.2, 0.25) is 0 Å². The van der Waals surface area contributed by atoms with Crippen LogP contribution in [0.25, 0.3) is 0 Å². The van der Waals surface area contributed by atoms with E-state index in [2.05, 4.69) is 6.92 Å². The van der Waals surface area contributed by atoms with Gasteiger partial charge in [0, 0.05) is 11.8 Å². The third-order valence-corrected chi connectivity index (χ3v) is 6.40. The number of anilines is 1. The summed E-state index contributed by atoms with van der Waals surface area (Å²) in [5.74, 6) is 1.44. The summed E-state index contributed by atoms with van der Waals surface area (Å²) in [4.78, 5) is 0. The van der Waals surface area contributed by atoms with Gasteiger partial charge < -0.3 is 10.5 Å². The molecule has 0 radical (unpaired) electrons. The molecular weight excluding hydrogens is 286 g/mol. The zero-order valence-corrected chi connectivity index (χ0v) is 13.4. The van der Waals surface area contributed by atoms with Crippen LogP contribution in [0, 0.1) is 5.92 Å². The molecule has 0 amide bonds. The zero-order valence-electron chi connectivity index (χ0n) is 12.6. The van der Waals surface area contributed by atoms with Gasteiger partial charge in [0.15, 0.2) is 9.84 Å². The first-order chi connectivity index (χ1) is 9.97. The molecular formula is C16H25NO3S. The molecule has 1 aromatic rings. The molecule has 0 aliphatic heterocycles. The minimum absolute atomic E-state index is 0.145. The fourth-order valence-corrected chi connectivity index (χ4v) is 4.93. The minimum atomic E-state index is -2.98. The molecule has 0 saturated heterocycles. The van der Waals surface area contributed by atoms with E-state index in [1.165, 1.54) is 0 Å². The number of benzene rings is 1. The van der Waals surface area contributed by atoms with Crippen LogP contribution in [0.4, 0.5) is 5.69 Å². The van der Waals surface area contributed by atoms with Crippen LogP contribution in [0.5, 0.6) is 5.75 Å². The Balaban J connectivity index is 1.77. The lowest BCUT2D eigenvalue weighted by molar-refractivity contribution is 0.317. The van der Waals surface area contributed by atoms with Crippen molar-refractivity contribution in [3.63, 3.8) is 0 Å². The number of nitrogens with two attached hydrogens (primary N) is 1. The van der Waals surface area contributed by atoms with Crippen molar-refractivity contribution in [3.8, 4) is 5.75 Å². The van der Waals surface area contributed by atoms with E-state index in [1.54, 1.807) is 12.1 Å². The van der Waals surface area contributed by atoms with Crippen LogP contribution < -0.4 is 10.5 Å². The van der Waals surface area contributed by atoms with E-state index < -0.39 is 9.84 Å². The Morgan fingerprint density at radius 2 is 2.14 bits per heavy atom. The Hall–Kier alpha value is -1.23. The highest BCUT2D eigenvalue weighted by molar-refractivity contribution is 7.92. The number of nitrogen functional groups attached to an aromatic ring is 1. The highest BCUT2D eigenvalue weighted by atomic mass is 32.2. The van der Waals surface area contributed by atoms with Crippen LogP contribution in [0.3, 0.4) is 0 Å². The summed E-state index contributed by atoms with van der Waals surface area (Å²) in [7, 11) is -2.98. The van der Waals surface area contributed by atoms with Crippen LogP contribution in [-0.4, -0.2) is 26.0 Å². The minimum Gasteiger partial charge on any atom is -0.493 e. The molecule has 0 bridgehead atoms. The van der Waals surface area contributed by atoms with Gasteiger partial charge in [-0.25, -0.2) is 8.42 Å². The van der Waals surface area contributed by atoms with Crippen molar-refractivity contribution in [2.24, 2.45) is 5.92 Å². The number of sulfone groups is 1. The Bertz CT molecular complexity index is 556. The lowest BCUT2D eigenvalue weighted by atomic mass is 9.91. The van der Waals surface area contributed by atoms with E-state index in [1.807, 2.05) is 12.1 Å². The average Bonchev–Trinajstić information content (AvgIpc) is 2.44. The number of hydrogen-bond donors (Lipinski definition) is 1. The van der Waals surface area contributed by atoms with Crippen LogP contribution in [-0.2, 0) is 9.84 Å². The molecule has 2 unspecified atom stereocenters. The normalized spacial score (nSPS) is 22.9. The summed E-state index contributed by atoms with van der Waals surface area (Å²) < 4.78 is 30.2. The summed E-state index contributed by atoms with van der Waals surface area (Å²) in [5, 5.41) is -0.145. The molecule has 2 N–H and O–H groups in total. The average molecular weight is 311 g/mol. The summed E-state index contributed by atoms with van der Waals surface area (Å²) in [6.07, 6.45) is 4.36. The molecule has 5 heteroatoms. The van der Waals surface area contributed by atoms with Gasteiger partial charge >= 0.3 is 0 Å². The SMILES string of the molecule is CC1CCCC(S(=O)(=O)CCCOc2cccc(N)c2)C1. The lowest BCUT2D eigenvalue weighted by Gasteiger charge is -2.26. The predicted molar refractivity (Wildman–Crippen MR) is 86.2 cm³/mol. The summed E-state index contributed by atoms with van der Waals surface area (Å²) >= 11 is 0. The van der Waals surface area contributed by atoms with E-state index in [0.717, 1.165) is 25.7 Å². The van der Waals surface area contributed by atoms with Gasteiger partial charge in [0.2, 0.25) is 0 Å². The topological polar surface area (TPSA) is 69.4 Å². The Morgan fingerprint density at radius 1 is 1.33 bits per heavy atom. The molecule has 0 spiro atoms. The summed E-state index contributed by atoms with van der Waals surface area (Å²) in [6.45, 7) is 2.55. The maximum atomic E-state index is 12.3. The molecule has 118 valence electrons. The van der Waals surface area contributed by atoms with E-state index in [9.17, 15) is 8.42 Å². The molecule has 4 nitrogen and oxygen atoms in total. The van der Waals surface area contributed by atoms with E-state index in [4.69, 9.17) is 10.5 Å². The number of rotatable bonds is 6. The quantitative estimate of drug-likeness (QED) is 0.647. The maximum absolute atomic E-state index is 12.3. The molecule has 2 atom stereocenters. The first-order valence-corrected chi connectivity index (χ1v) is 9.39.